The van der Waals surface area contributed by atoms with Crippen LogP contribution in [0.15, 0.2) is 0 Å². The van der Waals surface area contributed by atoms with Crippen LogP contribution in [0.3, 0.4) is 0 Å². The zero-order valence-corrected chi connectivity index (χ0v) is 10.7. The van der Waals surface area contributed by atoms with Gasteiger partial charge in [0.1, 0.15) is 0 Å². The second-order valence-electron chi connectivity index (χ2n) is 4.79. The van der Waals surface area contributed by atoms with Crippen molar-refractivity contribution < 1.29 is 9.53 Å². The van der Waals surface area contributed by atoms with Crippen LogP contribution in [0.1, 0.15) is 26.7 Å². The van der Waals surface area contributed by atoms with E-state index in [1.807, 2.05) is 20.9 Å². The number of ether oxygens (including phenoxy) is 1. The average molecular weight is 228 g/mol. The van der Waals surface area contributed by atoms with E-state index >= 15 is 0 Å². The highest BCUT2D eigenvalue weighted by Gasteiger charge is 2.20. The lowest BCUT2D eigenvalue weighted by Crippen LogP contribution is -2.40. The van der Waals surface area contributed by atoms with Crippen LogP contribution in [0.5, 0.6) is 0 Å². The van der Waals surface area contributed by atoms with Gasteiger partial charge in [0.15, 0.2) is 0 Å². The maximum absolute atomic E-state index is 11.6. The van der Waals surface area contributed by atoms with Crippen LogP contribution in [-0.4, -0.2) is 50.2 Å². The lowest BCUT2D eigenvalue weighted by Gasteiger charge is -2.21. The van der Waals surface area contributed by atoms with Crippen LogP contribution >= 0.6 is 0 Å². The zero-order chi connectivity index (χ0) is 12.0. The Labute approximate surface area is 98.3 Å². The molecule has 1 saturated carbocycles. The van der Waals surface area contributed by atoms with E-state index < -0.39 is 0 Å². The second kappa shape index (κ2) is 6.86. The molecule has 1 fully saturated rings. The Morgan fingerprint density at radius 3 is 2.75 bits per heavy atom. The van der Waals surface area contributed by atoms with Gasteiger partial charge in [-0.3, -0.25) is 4.79 Å². The maximum atomic E-state index is 11.6. The molecule has 0 saturated heterocycles. The molecule has 0 aromatic rings. The first kappa shape index (κ1) is 13.5. The number of hydrogen-bond acceptors (Lipinski definition) is 3. The van der Waals surface area contributed by atoms with E-state index in [-0.39, 0.29) is 11.9 Å². The van der Waals surface area contributed by atoms with Crippen LogP contribution in [-0.2, 0) is 9.53 Å². The van der Waals surface area contributed by atoms with Crippen LogP contribution < -0.4 is 5.32 Å². The molecule has 16 heavy (non-hydrogen) atoms. The van der Waals surface area contributed by atoms with Crippen molar-refractivity contribution in [3.63, 3.8) is 0 Å². The average Bonchev–Trinajstić information content (AvgIpc) is 3.05. The number of nitrogens with zero attached hydrogens (tertiary/aromatic N) is 1. The molecule has 0 aromatic carbocycles. The zero-order valence-electron chi connectivity index (χ0n) is 10.7. The van der Waals surface area contributed by atoms with Gasteiger partial charge in [0.25, 0.3) is 0 Å². The standard InChI is InChI=1S/C12H24N2O2/c1-10(2)14(3)12(15)8-13-6-7-16-9-11-4-5-11/h10-11,13H,4-9H2,1-3H3. The van der Waals surface area contributed by atoms with Gasteiger partial charge in [-0.15, -0.1) is 0 Å². The number of amides is 1. The molecule has 0 unspecified atom stereocenters. The van der Waals surface area contributed by atoms with Gasteiger partial charge in [0.2, 0.25) is 5.91 Å². The van der Waals surface area contributed by atoms with E-state index in [0.29, 0.717) is 13.2 Å². The van der Waals surface area contributed by atoms with Crippen molar-refractivity contribution >= 4 is 5.91 Å². The molecule has 1 aliphatic rings. The first-order valence-corrected chi connectivity index (χ1v) is 6.15. The highest BCUT2D eigenvalue weighted by molar-refractivity contribution is 5.78. The van der Waals surface area contributed by atoms with Crippen molar-refractivity contribution in [3.8, 4) is 0 Å². The maximum Gasteiger partial charge on any atom is 0.236 e. The van der Waals surface area contributed by atoms with Crippen LogP contribution in [0.4, 0.5) is 0 Å². The van der Waals surface area contributed by atoms with E-state index in [4.69, 9.17) is 4.74 Å². The molecule has 4 heteroatoms. The third kappa shape index (κ3) is 5.47. The molecule has 4 nitrogen and oxygen atoms in total. The summed E-state index contributed by atoms with van der Waals surface area (Å²) in [7, 11) is 1.83. The lowest BCUT2D eigenvalue weighted by atomic mass is 10.3. The van der Waals surface area contributed by atoms with Gasteiger partial charge in [0.05, 0.1) is 13.2 Å². The van der Waals surface area contributed by atoms with Crippen LogP contribution in [0, 0.1) is 5.92 Å². The van der Waals surface area contributed by atoms with E-state index in [2.05, 4.69) is 5.32 Å². The minimum absolute atomic E-state index is 0.136. The van der Waals surface area contributed by atoms with Crippen molar-refractivity contribution in [1.82, 2.24) is 10.2 Å². The first-order valence-electron chi connectivity index (χ1n) is 6.15. The highest BCUT2D eigenvalue weighted by Crippen LogP contribution is 2.28. The molecular weight excluding hydrogens is 204 g/mol. The SMILES string of the molecule is CC(C)N(C)C(=O)CNCCOCC1CC1. The Hall–Kier alpha value is -0.610. The molecule has 0 aromatic heterocycles. The molecule has 1 aliphatic carbocycles. The summed E-state index contributed by atoms with van der Waals surface area (Å²) in [5.74, 6) is 0.950. The summed E-state index contributed by atoms with van der Waals surface area (Å²) in [6, 6.07) is 0.264. The van der Waals surface area contributed by atoms with Gasteiger partial charge in [-0.1, -0.05) is 0 Å². The molecule has 1 rings (SSSR count). The second-order valence-corrected chi connectivity index (χ2v) is 4.79. The molecule has 94 valence electrons. The van der Waals surface area contributed by atoms with Gasteiger partial charge >= 0.3 is 0 Å². The fraction of sp³-hybridized carbons (Fsp3) is 0.917. The molecule has 0 radical (unpaired) electrons. The van der Waals surface area contributed by atoms with Crippen molar-refractivity contribution in [2.24, 2.45) is 5.92 Å². The van der Waals surface area contributed by atoms with E-state index in [0.717, 1.165) is 19.1 Å². The summed E-state index contributed by atoms with van der Waals surface area (Å²) in [6.07, 6.45) is 2.65. The molecule has 0 bridgehead atoms. The van der Waals surface area contributed by atoms with Crippen molar-refractivity contribution in [1.29, 1.82) is 0 Å². The van der Waals surface area contributed by atoms with Gasteiger partial charge < -0.3 is 15.0 Å². The van der Waals surface area contributed by atoms with Crippen molar-refractivity contribution in [3.05, 3.63) is 0 Å². The third-order valence-corrected chi connectivity index (χ3v) is 2.92. The number of carbonyl (C=O) groups excluding carboxylic acids is 1. The largest absolute Gasteiger partial charge is 0.380 e. The Bertz CT molecular complexity index is 215. The Morgan fingerprint density at radius 2 is 2.19 bits per heavy atom. The Morgan fingerprint density at radius 1 is 1.50 bits per heavy atom. The summed E-state index contributed by atoms with van der Waals surface area (Å²) in [6.45, 7) is 6.77. The van der Waals surface area contributed by atoms with Crippen LogP contribution in [0.25, 0.3) is 0 Å². The Kier molecular flexibility index (Phi) is 5.77. The monoisotopic (exact) mass is 228 g/mol. The summed E-state index contributed by atoms with van der Waals surface area (Å²) < 4.78 is 5.46. The number of rotatable bonds is 8. The number of carbonyl (C=O) groups is 1. The topological polar surface area (TPSA) is 41.6 Å². The van der Waals surface area contributed by atoms with E-state index in [9.17, 15) is 4.79 Å². The normalized spacial score (nSPS) is 15.5. The molecule has 0 heterocycles. The van der Waals surface area contributed by atoms with E-state index in [1.165, 1.54) is 12.8 Å². The van der Waals surface area contributed by atoms with Gasteiger partial charge in [-0.05, 0) is 32.6 Å². The molecular formula is C12H24N2O2. The fourth-order valence-electron chi connectivity index (χ4n) is 1.29. The molecule has 0 aliphatic heterocycles. The summed E-state index contributed by atoms with van der Waals surface area (Å²) in [5, 5.41) is 3.10. The lowest BCUT2D eigenvalue weighted by molar-refractivity contribution is -0.130. The number of likely N-dealkylation sites (N-methyl/N-ethyl adjacent to an activating group) is 1. The van der Waals surface area contributed by atoms with Crippen LogP contribution in [0.2, 0.25) is 0 Å². The van der Waals surface area contributed by atoms with Crippen molar-refractivity contribution in [2.45, 2.75) is 32.7 Å². The number of nitrogens with one attached hydrogen (secondary N) is 1. The predicted molar refractivity (Wildman–Crippen MR) is 64.3 cm³/mol. The molecule has 1 N–H and O–H groups in total. The molecule has 0 spiro atoms. The number of hydrogen-bond donors (Lipinski definition) is 1. The summed E-state index contributed by atoms with van der Waals surface area (Å²) in [4.78, 5) is 13.3. The smallest absolute Gasteiger partial charge is 0.236 e. The van der Waals surface area contributed by atoms with Gasteiger partial charge in [0, 0.05) is 26.2 Å². The summed E-state index contributed by atoms with van der Waals surface area (Å²) in [5.41, 5.74) is 0. The fourth-order valence-corrected chi connectivity index (χ4v) is 1.29. The van der Waals surface area contributed by atoms with E-state index in [1.54, 1.807) is 4.90 Å². The highest BCUT2D eigenvalue weighted by atomic mass is 16.5. The summed E-state index contributed by atoms with van der Waals surface area (Å²) >= 11 is 0. The third-order valence-electron chi connectivity index (χ3n) is 2.92. The van der Waals surface area contributed by atoms with Gasteiger partial charge in [-0.25, -0.2) is 0 Å². The quantitative estimate of drug-likeness (QED) is 0.627. The van der Waals surface area contributed by atoms with Gasteiger partial charge in [-0.2, -0.15) is 0 Å². The van der Waals surface area contributed by atoms with Crippen molar-refractivity contribution in [2.75, 3.05) is 33.4 Å². The first-order chi connectivity index (χ1) is 7.61. The minimum atomic E-state index is 0.136. The minimum Gasteiger partial charge on any atom is -0.380 e. The molecule has 1 amide bonds. The Balaban J connectivity index is 1.90. The predicted octanol–water partition coefficient (Wildman–Crippen LogP) is 0.869. The molecule has 0 atom stereocenters.